The average Bonchev–Trinajstić information content (AvgIpc) is 2.85. The Morgan fingerprint density at radius 1 is 0.514 bits per heavy atom. The fraction of sp³-hybridized carbons (Fsp3) is 0.600. The molecular formula is C30H46NiO3P+. The molecule has 0 unspecified atom stereocenters. The first-order valence-electron chi connectivity index (χ1n) is 13.7. The van der Waals surface area contributed by atoms with Crippen molar-refractivity contribution in [2.45, 2.75) is 117 Å². The van der Waals surface area contributed by atoms with Crippen molar-refractivity contribution >= 4 is 8.25 Å². The number of hydrogen-bond acceptors (Lipinski definition) is 3. The molecule has 0 spiro atoms. The molecule has 0 aliphatic carbocycles. The first kappa shape index (κ1) is 31.7. The topological polar surface area (TPSA) is 35.5 Å². The van der Waals surface area contributed by atoms with Crippen molar-refractivity contribution in [1.29, 1.82) is 0 Å². The molecule has 0 aromatic heterocycles. The summed E-state index contributed by atoms with van der Waals surface area (Å²) in [6.07, 6.45) is 20.6. The van der Waals surface area contributed by atoms with Crippen molar-refractivity contribution < 1.29 is 30.1 Å². The zero-order chi connectivity index (χ0) is 24.3. The summed E-state index contributed by atoms with van der Waals surface area (Å²) in [6.45, 7) is 4.51. The van der Waals surface area contributed by atoms with Gasteiger partial charge in [0, 0.05) is 21.1 Å². The van der Waals surface area contributed by atoms with Gasteiger partial charge in [0.25, 0.3) is 0 Å². The van der Waals surface area contributed by atoms with E-state index in [1.807, 2.05) is 24.3 Å². The Labute approximate surface area is 225 Å². The van der Waals surface area contributed by atoms with Gasteiger partial charge in [0.15, 0.2) is 11.5 Å². The smallest absolute Gasteiger partial charge is 0.222 e. The first-order valence-corrected chi connectivity index (χ1v) is 14.8. The number of aryl methyl sites for hydroxylation is 2. The number of unbranched alkanes of at least 4 members (excludes halogenated alkanes) is 12. The Morgan fingerprint density at radius 3 is 1.17 bits per heavy atom. The van der Waals surface area contributed by atoms with Gasteiger partial charge in [-0.05, 0) is 61.1 Å². The van der Waals surface area contributed by atoms with Crippen molar-refractivity contribution in [2.24, 2.45) is 0 Å². The molecule has 5 heteroatoms. The van der Waals surface area contributed by atoms with Crippen LogP contribution in [0.1, 0.15) is 115 Å². The molecule has 0 N–H and O–H groups in total. The second-order valence-electron chi connectivity index (χ2n) is 9.44. The molecule has 2 rings (SSSR count). The van der Waals surface area contributed by atoms with Crippen molar-refractivity contribution in [3.8, 4) is 11.5 Å². The second-order valence-corrected chi connectivity index (χ2v) is 10.2. The Bertz CT molecular complexity index is 712. The summed E-state index contributed by atoms with van der Waals surface area (Å²) in [5.74, 6) is 1.17. The summed E-state index contributed by atoms with van der Waals surface area (Å²) in [7, 11) is -2.24. The van der Waals surface area contributed by atoms with Crippen molar-refractivity contribution in [2.75, 3.05) is 0 Å². The van der Waals surface area contributed by atoms with Crippen LogP contribution in [0.5, 0.6) is 11.5 Å². The maximum absolute atomic E-state index is 12.3. The summed E-state index contributed by atoms with van der Waals surface area (Å²) in [5, 5.41) is 0. The van der Waals surface area contributed by atoms with Gasteiger partial charge in [-0.3, -0.25) is 0 Å². The molecule has 0 radical (unpaired) electrons. The molecule has 0 atom stereocenters. The molecule has 0 saturated carbocycles. The van der Waals surface area contributed by atoms with Crippen molar-refractivity contribution in [3.05, 3.63) is 59.7 Å². The number of benzene rings is 2. The maximum Gasteiger partial charge on any atom is 0.805 e. The molecule has 0 aliphatic rings. The molecule has 3 nitrogen and oxygen atoms in total. The summed E-state index contributed by atoms with van der Waals surface area (Å²) >= 11 is 0. The van der Waals surface area contributed by atoms with E-state index in [-0.39, 0.29) is 16.5 Å². The van der Waals surface area contributed by atoms with Crippen LogP contribution in [0.3, 0.4) is 0 Å². The van der Waals surface area contributed by atoms with E-state index in [2.05, 4.69) is 38.1 Å². The first-order chi connectivity index (χ1) is 16.7. The molecule has 0 saturated heterocycles. The molecule has 0 bridgehead atoms. The normalized spacial score (nSPS) is 10.6. The number of rotatable bonds is 20. The zero-order valence-corrected chi connectivity index (χ0v) is 23.8. The summed E-state index contributed by atoms with van der Waals surface area (Å²) < 4.78 is 23.3. The van der Waals surface area contributed by atoms with Crippen molar-refractivity contribution in [1.82, 2.24) is 0 Å². The molecule has 0 fully saturated rings. The van der Waals surface area contributed by atoms with Gasteiger partial charge in [0.1, 0.15) is 0 Å². The van der Waals surface area contributed by atoms with E-state index in [0.29, 0.717) is 11.5 Å². The van der Waals surface area contributed by atoms with E-state index in [1.54, 1.807) is 0 Å². The van der Waals surface area contributed by atoms with Crippen LogP contribution in [0.25, 0.3) is 0 Å². The molecule has 198 valence electrons. The zero-order valence-electron chi connectivity index (χ0n) is 21.9. The monoisotopic (exact) mass is 543 g/mol. The van der Waals surface area contributed by atoms with Crippen LogP contribution < -0.4 is 9.05 Å². The Balaban J connectivity index is 0.00000612. The second kappa shape index (κ2) is 20.8. The van der Waals surface area contributed by atoms with Gasteiger partial charge in [-0.25, -0.2) is 9.05 Å². The quantitative estimate of drug-likeness (QED) is 0.0945. The summed E-state index contributed by atoms with van der Waals surface area (Å²) in [4.78, 5) is 0. The van der Waals surface area contributed by atoms with Crippen molar-refractivity contribution in [3.63, 3.8) is 0 Å². The Kier molecular flexibility index (Phi) is 18.8. The molecule has 0 amide bonds. The molecular weight excluding hydrogens is 498 g/mol. The third kappa shape index (κ3) is 15.4. The minimum Gasteiger partial charge on any atom is -0.222 e. The van der Waals surface area contributed by atoms with Gasteiger partial charge < -0.3 is 0 Å². The van der Waals surface area contributed by atoms with E-state index in [9.17, 15) is 4.57 Å². The van der Waals surface area contributed by atoms with Crippen LogP contribution in [0.2, 0.25) is 0 Å². The van der Waals surface area contributed by atoms with Gasteiger partial charge >= 0.3 is 8.25 Å². The Hall–Kier alpha value is -1.37. The van der Waals surface area contributed by atoms with Crippen LogP contribution in [0.15, 0.2) is 48.5 Å². The predicted octanol–water partition coefficient (Wildman–Crippen LogP) is 10.4. The SMILES string of the molecule is CCCCCCCCCc1ccc(O[P+](=O)Oc2ccc(CCCCCCCCC)cc2)cc1.[Ni]. The van der Waals surface area contributed by atoms with Crippen LogP contribution in [-0.2, 0) is 33.9 Å². The molecule has 0 heterocycles. The molecule has 2 aromatic carbocycles. The van der Waals surface area contributed by atoms with E-state index in [0.717, 1.165) is 12.8 Å². The van der Waals surface area contributed by atoms with Gasteiger partial charge in [-0.15, -0.1) is 0 Å². The Morgan fingerprint density at radius 2 is 0.829 bits per heavy atom. The fourth-order valence-electron chi connectivity index (χ4n) is 4.20. The largest absolute Gasteiger partial charge is 0.805 e. The van der Waals surface area contributed by atoms with Gasteiger partial charge in [-0.1, -0.05) is 115 Å². The van der Waals surface area contributed by atoms with Crippen LogP contribution in [0.4, 0.5) is 0 Å². The fourth-order valence-corrected chi connectivity index (χ4v) is 4.82. The summed E-state index contributed by atoms with van der Waals surface area (Å²) in [5.41, 5.74) is 2.60. The minimum atomic E-state index is -2.24. The van der Waals surface area contributed by atoms with E-state index in [1.165, 1.54) is 101 Å². The van der Waals surface area contributed by atoms with E-state index in [4.69, 9.17) is 9.05 Å². The molecule has 35 heavy (non-hydrogen) atoms. The third-order valence-electron chi connectivity index (χ3n) is 6.34. The van der Waals surface area contributed by atoms with E-state index >= 15 is 0 Å². The number of hydrogen-bond donors (Lipinski definition) is 0. The molecule has 0 aliphatic heterocycles. The van der Waals surface area contributed by atoms with Gasteiger partial charge in [-0.2, -0.15) is 0 Å². The predicted molar refractivity (Wildman–Crippen MR) is 145 cm³/mol. The summed E-state index contributed by atoms with van der Waals surface area (Å²) in [6, 6.07) is 15.8. The maximum atomic E-state index is 12.3. The third-order valence-corrected chi connectivity index (χ3v) is 7.06. The van der Waals surface area contributed by atoms with E-state index < -0.39 is 8.25 Å². The average molecular weight is 544 g/mol. The van der Waals surface area contributed by atoms with Crippen LogP contribution in [-0.4, -0.2) is 0 Å². The standard InChI is InChI=1S/C30H46O3P.Ni/c1-3-5-7-9-11-13-15-17-27-19-23-29(24-20-27)32-34(31)33-30-25-21-28(22-26-30)18-16-14-12-10-8-6-4-2;/h19-26H,3-18H2,1-2H3;/q+1;. The van der Waals surface area contributed by atoms with Gasteiger partial charge in [0.2, 0.25) is 0 Å². The van der Waals surface area contributed by atoms with Crippen LogP contribution >= 0.6 is 8.25 Å². The van der Waals surface area contributed by atoms with Gasteiger partial charge in [0.05, 0.1) is 0 Å². The molecule has 2 aromatic rings. The van der Waals surface area contributed by atoms with Crippen LogP contribution in [0, 0.1) is 0 Å². The minimum absolute atomic E-state index is 0.